The van der Waals surface area contributed by atoms with Crippen molar-refractivity contribution in [3.63, 3.8) is 0 Å². The van der Waals surface area contributed by atoms with Gasteiger partial charge in [-0.05, 0) is 43.4 Å². The van der Waals surface area contributed by atoms with E-state index < -0.39 is 0 Å². The lowest BCUT2D eigenvalue weighted by atomic mass is 9.71. The Hall–Kier alpha value is -1.95. The van der Waals surface area contributed by atoms with Gasteiger partial charge < -0.3 is 14.5 Å². The molecular formula is C20H27FN2O3. The number of piperidine rings is 2. The van der Waals surface area contributed by atoms with E-state index in [1.54, 1.807) is 24.1 Å². The number of hydrogen-bond acceptors (Lipinski definition) is 3. The van der Waals surface area contributed by atoms with Crippen molar-refractivity contribution in [2.24, 2.45) is 5.41 Å². The van der Waals surface area contributed by atoms with Crippen molar-refractivity contribution in [3.8, 4) is 0 Å². The van der Waals surface area contributed by atoms with Gasteiger partial charge in [0, 0.05) is 40.2 Å². The van der Waals surface area contributed by atoms with E-state index >= 15 is 0 Å². The molecule has 2 amide bonds. The molecule has 1 spiro atoms. The first-order valence-electron chi connectivity index (χ1n) is 9.24. The Bertz CT molecular complexity index is 654. The van der Waals surface area contributed by atoms with Crippen LogP contribution in [0.25, 0.3) is 0 Å². The summed E-state index contributed by atoms with van der Waals surface area (Å²) >= 11 is 0. The van der Waals surface area contributed by atoms with Gasteiger partial charge in [0.1, 0.15) is 5.82 Å². The zero-order chi connectivity index (χ0) is 18.7. The van der Waals surface area contributed by atoms with Gasteiger partial charge in [0.15, 0.2) is 0 Å². The summed E-state index contributed by atoms with van der Waals surface area (Å²) in [7, 11) is 3.52. The van der Waals surface area contributed by atoms with Crippen molar-refractivity contribution >= 4 is 11.8 Å². The van der Waals surface area contributed by atoms with E-state index in [0.29, 0.717) is 45.3 Å². The highest BCUT2D eigenvalue weighted by molar-refractivity contribution is 5.84. The molecule has 2 heterocycles. The number of nitrogens with zero attached hydrogens (tertiary/aromatic N) is 2. The van der Waals surface area contributed by atoms with Crippen molar-refractivity contribution in [1.29, 1.82) is 0 Å². The van der Waals surface area contributed by atoms with Crippen molar-refractivity contribution in [1.82, 2.24) is 9.80 Å². The standard InChI is InChI=1S/C20H27FN2O3/c1-22-14-17(26-2)13-20(19(22)25)9-11-23(12-10-20)18(24)8-5-15-3-6-16(21)7-4-15/h3-4,6-7,17H,5,8-14H2,1-2H3. The van der Waals surface area contributed by atoms with Crippen LogP contribution >= 0.6 is 0 Å². The molecule has 1 aromatic rings. The molecular weight excluding hydrogens is 335 g/mol. The van der Waals surface area contributed by atoms with E-state index in [1.807, 2.05) is 11.9 Å². The molecule has 0 N–H and O–H groups in total. The van der Waals surface area contributed by atoms with Crippen LogP contribution in [0.5, 0.6) is 0 Å². The van der Waals surface area contributed by atoms with Crippen molar-refractivity contribution in [2.75, 3.05) is 33.8 Å². The minimum absolute atomic E-state index is 0.0680. The molecule has 2 aliphatic rings. The lowest BCUT2D eigenvalue weighted by molar-refractivity contribution is -0.158. The molecule has 0 aromatic heterocycles. The summed E-state index contributed by atoms with van der Waals surface area (Å²) < 4.78 is 18.5. The molecule has 3 rings (SSSR count). The van der Waals surface area contributed by atoms with E-state index in [2.05, 4.69) is 0 Å². The maximum atomic E-state index is 12.9. The van der Waals surface area contributed by atoms with Crippen LogP contribution in [-0.2, 0) is 20.7 Å². The van der Waals surface area contributed by atoms with Crippen LogP contribution in [0.3, 0.4) is 0 Å². The van der Waals surface area contributed by atoms with Crippen molar-refractivity contribution < 1.29 is 18.7 Å². The molecule has 2 saturated heterocycles. The molecule has 2 aliphatic heterocycles. The average molecular weight is 362 g/mol. The predicted molar refractivity (Wildman–Crippen MR) is 96.0 cm³/mol. The first-order chi connectivity index (χ1) is 12.4. The number of aryl methyl sites for hydroxylation is 1. The number of amides is 2. The zero-order valence-electron chi connectivity index (χ0n) is 15.5. The summed E-state index contributed by atoms with van der Waals surface area (Å²) in [5.74, 6) is 0.0196. The predicted octanol–water partition coefficient (Wildman–Crippen LogP) is 2.24. The summed E-state index contributed by atoms with van der Waals surface area (Å²) in [5, 5.41) is 0. The zero-order valence-corrected chi connectivity index (χ0v) is 15.5. The summed E-state index contributed by atoms with van der Waals surface area (Å²) in [4.78, 5) is 28.8. The van der Waals surface area contributed by atoms with Gasteiger partial charge in [-0.25, -0.2) is 4.39 Å². The Kier molecular flexibility index (Phi) is 5.61. The first kappa shape index (κ1) is 18.8. The third-order valence-electron chi connectivity index (χ3n) is 5.84. The highest BCUT2D eigenvalue weighted by Crippen LogP contribution is 2.41. The highest BCUT2D eigenvalue weighted by atomic mass is 19.1. The van der Waals surface area contributed by atoms with Gasteiger partial charge in [0.2, 0.25) is 11.8 Å². The van der Waals surface area contributed by atoms with Crippen molar-refractivity contribution in [2.45, 2.75) is 38.2 Å². The molecule has 0 saturated carbocycles. The third kappa shape index (κ3) is 3.90. The number of benzene rings is 1. The number of methoxy groups -OCH3 is 1. The fraction of sp³-hybridized carbons (Fsp3) is 0.600. The average Bonchev–Trinajstić information content (AvgIpc) is 2.65. The van der Waals surface area contributed by atoms with E-state index in [9.17, 15) is 14.0 Å². The normalized spacial score (nSPS) is 22.7. The van der Waals surface area contributed by atoms with Crippen LogP contribution in [-0.4, -0.2) is 61.5 Å². The fourth-order valence-electron chi connectivity index (χ4n) is 4.20. The van der Waals surface area contributed by atoms with Gasteiger partial charge >= 0.3 is 0 Å². The van der Waals surface area contributed by atoms with Gasteiger partial charge in [0.25, 0.3) is 0 Å². The number of likely N-dealkylation sites (N-methyl/N-ethyl adjacent to an activating group) is 1. The molecule has 26 heavy (non-hydrogen) atoms. The Balaban J connectivity index is 1.54. The third-order valence-corrected chi connectivity index (χ3v) is 5.84. The van der Waals surface area contributed by atoms with Gasteiger partial charge in [-0.3, -0.25) is 9.59 Å². The number of carbonyl (C=O) groups excluding carboxylic acids is 2. The number of halogens is 1. The van der Waals surface area contributed by atoms with Gasteiger partial charge in [-0.15, -0.1) is 0 Å². The smallest absolute Gasteiger partial charge is 0.228 e. The van der Waals surface area contributed by atoms with Crippen LogP contribution in [0.4, 0.5) is 4.39 Å². The fourth-order valence-corrected chi connectivity index (χ4v) is 4.20. The molecule has 1 aromatic carbocycles. The van der Waals surface area contributed by atoms with Crippen LogP contribution in [0, 0.1) is 11.2 Å². The van der Waals surface area contributed by atoms with Gasteiger partial charge in [-0.1, -0.05) is 12.1 Å². The lowest BCUT2D eigenvalue weighted by Gasteiger charge is -2.47. The minimum atomic E-state index is -0.387. The van der Waals surface area contributed by atoms with E-state index in [4.69, 9.17) is 4.74 Å². The second-order valence-electron chi connectivity index (χ2n) is 7.54. The molecule has 0 radical (unpaired) electrons. The monoisotopic (exact) mass is 362 g/mol. The molecule has 2 fully saturated rings. The molecule has 0 bridgehead atoms. The molecule has 0 aliphatic carbocycles. The number of likely N-dealkylation sites (tertiary alicyclic amines) is 2. The maximum absolute atomic E-state index is 12.9. The van der Waals surface area contributed by atoms with Crippen molar-refractivity contribution in [3.05, 3.63) is 35.6 Å². The second kappa shape index (κ2) is 7.74. The summed E-state index contributed by atoms with van der Waals surface area (Å²) in [6, 6.07) is 6.27. The summed E-state index contributed by atoms with van der Waals surface area (Å²) in [6.07, 6.45) is 3.21. The number of ether oxygens (including phenoxy) is 1. The number of carbonyl (C=O) groups is 2. The van der Waals surface area contributed by atoms with Gasteiger partial charge in [-0.2, -0.15) is 0 Å². The summed E-state index contributed by atoms with van der Waals surface area (Å²) in [5.41, 5.74) is 0.571. The molecule has 1 atom stereocenters. The first-order valence-corrected chi connectivity index (χ1v) is 9.24. The molecule has 6 heteroatoms. The molecule has 142 valence electrons. The summed E-state index contributed by atoms with van der Waals surface area (Å²) in [6.45, 7) is 1.86. The quantitative estimate of drug-likeness (QED) is 0.825. The van der Waals surface area contributed by atoms with Crippen LogP contribution in [0.2, 0.25) is 0 Å². The van der Waals surface area contributed by atoms with Crippen LogP contribution in [0.15, 0.2) is 24.3 Å². The molecule has 5 nitrogen and oxygen atoms in total. The maximum Gasteiger partial charge on any atom is 0.228 e. The number of hydrogen-bond donors (Lipinski definition) is 0. The van der Waals surface area contributed by atoms with Gasteiger partial charge in [0.05, 0.1) is 11.5 Å². The van der Waals surface area contributed by atoms with Crippen LogP contribution in [0.1, 0.15) is 31.2 Å². The molecule has 1 unspecified atom stereocenters. The Morgan fingerprint density at radius 1 is 1.27 bits per heavy atom. The Morgan fingerprint density at radius 3 is 2.54 bits per heavy atom. The van der Waals surface area contributed by atoms with E-state index in [-0.39, 0.29) is 29.2 Å². The Labute approximate surface area is 154 Å². The topological polar surface area (TPSA) is 49.9 Å². The lowest BCUT2D eigenvalue weighted by Crippen LogP contribution is -2.57. The van der Waals surface area contributed by atoms with E-state index in [1.165, 1.54) is 12.1 Å². The largest absolute Gasteiger partial charge is 0.380 e. The van der Waals surface area contributed by atoms with E-state index in [0.717, 1.165) is 12.0 Å². The van der Waals surface area contributed by atoms with Crippen LogP contribution < -0.4 is 0 Å². The number of rotatable bonds is 4. The highest BCUT2D eigenvalue weighted by Gasteiger charge is 2.48. The second-order valence-corrected chi connectivity index (χ2v) is 7.54. The minimum Gasteiger partial charge on any atom is -0.380 e. The SMILES string of the molecule is COC1CN(C)C(=O)C2(CCN(C(=O)CCc3ccc(F)cc3)CC2)C1. The Morgan fingerprint density at radius 2 is 1.92 bits per heavy atom.